The normalized spacial score (nSPS) is 11.2. The Bertz CT molecular complexity index is 513. The predicted octanol–water partition coefficient (Wildman–Crippen LogP) is 3.08. The van der Waals surface area contributed by atoms with Crippen molar-refractivity contribution in [2.75, 3.05) is 18.8 Å². The van der Waals surface area contributed by atoms with Gasteiger partial charge in [-0.05, 0) is 38.1 Å². The largest absolute Gasteiger partial charge is 0.383 e. The van der Waals surface area contributed by atoms with Crippen molar-refractivity contribution in [2.45, 2.75) is 33.2 Å². The monoisotopic (exact) mass is 272 g/mol. The molecule has 0 bridgehead atoms. The first-order valence-electron chi connectivity index (χ1n) is 7.36. The minimum atomic E-state index is 0.744. The summed E-state index contributed by atoms with van der Waals surface area (Å²) in [5.41, 5.74) is 8.37. The van der Waals surface area contributed by atoms with E-state index in [2.05, 4.69) is 23.8 Å². The van der Waals surface area contributed by atoms with Crippen LogP contribution in [0.15, 0.2) is 36.5 Å². The molecule has 0 fully saturated rings. The maximum absolute atomic E-state index is 6.25. The van der Waals surface area contributed by atoms with Crippen LogP contribution in [0, 0.1) is 0 Å². The first-order chi connectivity index (χ1) is 9.76. The molecule has 1 aromatic carbocycles. The van der Waals surface area contributed by atoms with Gasteiger partial charge >= 0.3 is 0 Å². The second-order valence-corrected chi connectivity index (χ2v) is 5.08. The van der Waals surface area contributed by atoms with Gasteiger partial charge in [0.2, 0.25) is 0 Å². The summed E-state index contributed by atoms with van der Waals surface area (Å²) in [7, 11) is 0. The maximum atomic E-state index is 6.25. The summed E-state index contributed by atoms with van der Waals surface area (Å²) in [6.45, 7) is 7.49. The van der Waals surface area contributed by atoms with Gasteiger partial charge in [-0.25, -0.2) is 4.68 Å². The molecule has 0 saturated carbocycles. The fourth-order valence-corrected chi connectivity index (χ4v) is 2.43. The summed E-state index contributed by atoms with van der Waals surface area (Å²) in [6.07, 6.45) is 4.21. The van der Waals surface area contributed by atoms with E-state index < -0.39 is 0 Å². The van der Waals surface area contributed by atoms with Crippen LogP contribution in [0.4, 0.5) is 5.82 Å². The summed E-state index contributed by atoms with van der Waals surface area (Å²) in [5.74, 6) is 0.744. The molecule has 4 nitrogen and oxygen atoms in total. The first kappa shape index (κ1) is 14.6. The lowest BCUT2D eigenvalue weighted by molar-refractivity contribution is 0.267. The lowest BCUT2D eigenvalue weighted by Gasteiger charge is -2.20. The minimum Gasteiger partial charge on any atom is -0.383 e. The van der Waals surface area contributed by atoms with Crippen molar-refractivity contribution >= 4 is 5.82 Å². The Morgan fingerprint density at radius 3 is 2.35 bits per heavy atom. The highest BCUT2D eigenvalue weighted by molar-refractivity contribution is 5.46. The van der Waals surface area contributed by atoms with Crippen LogP contribution < -0.4 is 5.73 Å². The van der Waals surface area contributed by atoms with Crippen molar-refractivity contribution in [2.24, 2.45) is 0 Å². The smallest absolute Gasteiger partial charge is 0.131 e. The molecule has 0 atom stereocenters. The van der Waals surface area contributed by atoms with Gasteiger partial charge in [-0.1, -0.05) is 32.0 Å². The van der Waals surface area contributed by atoms with E-state index >= 15 is 0 Å². The number of hydrogen-bond acceptors (Lipinski definition) is 3. The first-order valence-corrected chi connectivity index (χ1v) is 7.36. The molecule has 2 rings (SSSR count). The Labute approximate surface area is 121 Å². The number of rotatable bonds is 7. The molecule has 0 unspecified atom stereocenters. The van der Waals surface area contributed by atoms with Gasteiger partial charge in [0.1, 0.15) is 5.82 Å². The topological polar surface area (TPSA) is 47.1 Å². The quantitative estimate of drug-likeness (QED) is 0.842. The van der Waals surface area contributed by atoms with Gasteiger partial charge in [0.25, 0.3) is 0 Å². The molecule has 1 heterocycles. The SMILES string of the molecule is CCCN(CCC)Cc1cnn(-c2ccccc2)c1N. The number of nitrogens with zero attached hydrogens (tertiary/aromatic N) is 3. The number of nitrogens with two attached hydrogens (primary N) is 1. The molecule has 0 aliphatic rings. The summed E-state index contributed by atoms with van der Waals surface area (Å²) < 4.78 is 1.81. The third-order valence-electron chi connectivity index (χ3n) is 3.36. The van der Waals surface area contributed by atoms with Crippen LogP contribution in [0.2, 0.25) is 0 Å². The number of nitrogen functional groups attached to an aromatic ring is 1. The van der Waals surface area contributed by atoms with Gasteiger partial charge in [-0.15, -0.1) is 0 Å². The van der Waals surface area contributed by atoms with Crippen molar-refractivity contribution in [3.63, 3.8) is 0 Å². The molecule has 0 aliphatic heterocycles. The van der Waals surface area contributed by atoms with Crippen LogP contribution in [0.25, 0.3) is 5.69 Å². The molecular formula is C16H24N4. The van der Waals surface area contributed by atoms with Crippen LogP contribution >= 0.6 is 0 Å². The Hall–Kier alpha value is -1.81. The minimum absolute atomic E-state index is 0.744. The fourth-order valence-electron chi connectivity index (χ4n) is 2.43. The average molecular weight is 272 g/mol. The molecule has 0 spiro atoms. The van der Waals surface area contributed by atoms with Crippen LogP contribution in [0.3, 0.4) is 0 Å². The summed E-state index contributed by atoms with van der Waals surface area (Å²) in [4.78, 5) is 2.43. The molecule has 0 radical (unpaired) electrons. The molecule has 108 valence electrons. The van der Waals surface area contributed by atoms with Crippen LogP contribution in [0.5, 0.6) is 0 Å². The summed E-state index contributed by atoms with van der Waals surface area (Å²) in [5, 5.41) is 4.42. The van der Waals surface area contributed by atoms with Gasteiger partial charge in [0, 0.05) is 12.1 Å². The molecule has 0 amide bonds. The molecule has 2 N–H and O–H groups in total. The molecular weight excluding hydrogens is 248 g/mol. The average Bonchev–Trinajstić information content (AvgIpc) is 2.82. The Morgan fingerprint density at radius 1 is 1.10 bits per heavy atom. The lowest BCUT2D eigenvalue weighted by Crippen LogP contribution is -2.25. The lowest BCUT2D eigenvalue weighted by atomic mass is 10.2. The standard InChI is InChI=1S/C16H24N4/c1-3-10-19(11-4-2)13-14-12-18-20(16(14)17)15-8-6-5-7-9-15/h5-9,12H,3-4,10-11,13,17H2,1-2H3. The summed E-state index contributed by atoms with van der Waals surface area (Å²) in [6, 6.07) is 10.0. The zero-order valence-corrected chi connectivity index (χ0v) is 12.4. The van der Waals surface area contributed by atoms with E-state index in [1.165, 1.54) is 0 Å². The van der Waals surface area contributed by atoms with Gasteiger partial charge in [-0.3, -0.25) is 4.90 Å². The zero-order chi connectivity index (χ0) is 14.4. The van der Waals surface area contributed by atoms with E-state index in [0.29, 0.717) is 0 Å². The van der Waals surface area contributed by atoms with E-state index in [-0.39, 0.29) is 0 Å². The molecule has 4 heteroatoms. The van der Waals surface area contributed by atoms with Crippen molar-refractivity contribution in [3.8, 4) is 5.69 Å². The number of benzene rings is 1. The molecule has 20 heavy (non-hydrogen) atoms. The highest BCUT2D eigenvalue weighted by atomic mass is 15.3. The van der Waals surface area contributed by atoms with E-state index in [1.54, 1.807) is 0 Å². The Balaban J connectivity index is 2.16. The van der Waals surface area contributed by atoms with Gasteiger partial charge < -0.3 is 5.73 Å². The van der Waals surface area contributed by atoms with Crippen molar-refractivity contribution in [1.29, 1.82) is 0 Å². The molecule has 1 aromatic heterocycles. The highest BCUT2D eigenvalue weighted by Crippen LogP contribution is 2.18. The van der Waals surface area contributed by atoms with E-state index in [0.717, 1.165) is 49.5 Å². The van der Waals surface area contributed by atoms with Crippen LogP contribution in [-0.2, 0) is 6.54 Å². The highest BCUT2D eigenvalue weighted by Gasteiger charge is 2.12. The second kappa shape index (κ2) is 7.10. The second-order valence-electron chi connectivity index (χ2n) is 5.08. The molecule has 0 aliphatic carbocycles. The third kappa shape index (κ3) is 3.39. The number of hydrogen-bond donors (Lipinski definition) is 1. The molecule has 2 aromatic rings. The maximum Gasteiger partial charge on any atom is 0.131 e. The number of aromatic nitrogens is 2. The van der Waals surface area contributed by atoms with Gasteiger partial charge in [-0.2, -0.15) is 5.10 Å². The van der Waals surface area contributed by atoms with E-state index in [4.69, 9.17) is 5.73 Å². The third-order valence-corrected chi connectivity index (χ3v) is 3.36. The van der Waals surface area contributed by atoms with Crippen molar-refractivity contribution < 1.29 is 0 Å². The predicted molar refractivity (Wildman–Crippen MR) is 83.8 cm³/mol. The fraction of sp³-hybridized carbons (Fsp3) is 0.438. The van der Waals surface area contributed by atoms with E-state index in [1.807, 2.05) is 41.2 Å². The van der Waals surface area contributed by atoms with Gasteiger partial charge in [0.15, 0.2) is 0 Å². The van der Waals surface area contributed by atoms with Crippen LogP contribution in [-0.4, -0.2) is 27.8 Å². The van der Waals surface area contributed by atoms with Crippen LogP contribution in [0.1, 0.15) is 32.3 Å². The Kier molecular flexibility index (Phi) is 5.18. The van der Waals surface area contributed by atoms with E-state index in [9.17, 15) is 0 Å². The summed E-state index contributed by atoms with van der Waals surface area (Å²) >= 11 is 0. The Morgan fingerprint density at radius 2 is 1.75 bits per heavy atom. The number of anilines is 1. The van der Waals surface area contributed by atoms with Crippen molar-refractivity contribution in [1.82, 2.24) is 14.7 Å². The number of para-hydroxylation sites is 1. The zero-order valence-electron chi connectivity index (χ0n) is 12.4. The van der Waals surface area contributed by atoms with Gasteiger partial charge in [0.05, 0.1) is 11.9 Å². The molecule has 0 saturated heterocycles. The van der Waals surface area contributed by atoms with Crippen molar-refractivity contribution in [3.05, 3.63) is 42.1 Å².